The van der Waals surface area contributed by atoms with Crippen molar-refractivity contribution in [1.82, 2.24) is 24.2 Å². The monoisotopic (exact) mass is 415 g/mol. The second-order valence-corrected chi connectivity index (χ2v) is 9.39. The van der Waals surface area contributed by atoms with Crippen LogP contribution in [0, 0.1) is 0 Å². The third-order valence-corrected chi connectivity index (χ3v) is 6.51. The van der Waals surface area contributed by atoms with Crippen LogP contribution in [0.5, 0.6) is 0 Å². The maximum Gasteiger partial charge on any atom is 0.234 e. The van der Waals surface area contributed by atoms with Crippen LogP contribution in [0.4, 0.5) is 0 Å². The highest BCUT2D eigenvalue weighted by atomic mass is 32.2. The molecule has 154 valence electrons. The third kappa shape index (κ3) is 4.04. The van der Waals surface area contributed by atoms with Crippen LogP contribution in [-0.4, -0.2) is 76.4 Å². The molecule has 1 aromatic carbocycles. The van der Waals surface area contributed by atoms with Gasteiger partial charge < -0.3 is 5.11 Å². The maximum atomic E-state index is 12.4. The number of benzene rings is 1. The Balaban J connectivity index is 1.76. The standard InChI is InChI=1S/C20H25N5O3S/c1-15(26)24-12-10-23(11-13-24)14-17-19(22-20-21-8-5-9-25(17)20)16-6-3-4-7-18(16)29(2,27)28/h3-9,15,26H,10-14H2,1-2H3. The number of piperazine rings is 1. The summed E-state index contributed by atoms with van der Waals surface area (Å²) in [5, 5.41) is 9.79. The van der Waals surface area contributed by atoms with Crippen molar-refractivity contribution in [1.29, 1.82) is 0 Å². The van der Waals surface area contributed by atoms with Crippen molar-refractivity contribution < 1.29 is 13.5 Å². The van der Waals surface area contributed by atoms with E-state index >= 15 is 0 Å². The molecular weight excluding hydrogens is 390 g/mol. The van der Waals surface area contributed by atoms with Gasteiger partial charge in [0, 0.05) is 56.9 Å². The van der Waals surface area contributed by atoms with E-state index in [1.165, 1.54) is 6.26 Å². The molecule has 1 fully saturated rings. The molecule has 8 nitrogen and oxygen atoms in total. The van der Waals surface area contributed by atoms with E-state index in [1.54, 1.807) is 31.3 Å². The number of fused-ring (bicyclic) bond motifs is 1. The van der Waals surface area contributed by atoms with Crippen molar-refractivity contribution in [3.8, 4) is 11.3 Å². The Labute approximate surface area is 170 Å². The molecule has 0 saturated carbocycles. The van der Waals surface area contributed by atoms with Crippen LogP contribution in [-0.2, 0) is 16.4 Å². The second-order valence-electron chi connectivity index (χ2n) is 7.41. The minimum absolute atomic E-state index is 0.267. The van der Waals surface area contributed by atoms with Crippen LogP contribution in [0.25, 0.3) is 17.0 Å². The molecule has 0 amide bonds. The van der Waals surface area contributed by atoms with Crippen molar-refractivity contribution in [2.75, 3.05) is 32.4 Å². The zero-order chi connectivity index (χ0) is 20.6. The van der Waals surface area contributed by atoms with E-state index < -0.39 is 16.1 Å². The smallest absolute Gasteiger partial charge is 0.234 e. The van der Waals surface area contributed by atoms with Crippen LogP contribution in [0.3, 0.4) is 0 Å². The highest BCUT2D eigenvalue weighted by Gasteiger charge is 2.25. The van der Waals surface area contributed by atoms with Crippen LogP contribution in [0.2, 0.25) is 0 Å². The number of aliphatic hydroxyl groups is 1. The number of sulfone groups is 1. The van der Waals surface area contributed by atoms with E-state index in [4.69, 9.17) is 0 Å². The van der Waals surface area contributed by atoms with Gasteiger partial charge in [-0.05, 0) is 19.1 Å². The molecule has 2 aromatic heterocycles. The number of hydrogen-bond acceptors (Lipinski definition) is 7. The maximum absolute atomic E-state index is 12.4. The van der Waals surface area contributed by atoms with Crippen molar-refractivity contribution in [2.24, 2.45) is 0 Å². The summed E-state index contributed by atoms with van der Waals surface area (Å²) in [6, 6.07) is 8.81. The predicted octanol–water partition coefficient (Wildman–Crippen LogP) is 1.26. The fourth-order valence-electron chi connectivity index (χ4n) is 3.79. The third-order valence-electron chi connectivity index (χ3n) is 5.35. The summed E-state index contributed by atoms with van der Waals surface area (Å²) in [6.07, 6.45) is 4.35. The van der Waals surface area contributed by atoms with Gasteiger partial charge in [-0.2, -0.15) is 0 Å². The van der Waals surface area contributed by atoms with Gasteiger partial charge in [-0.25, -0.2) is 18.4 Å². The van der Waals surface area contributed by atoms with Gasteiger partial charge in [0.15, 0.2) is 9.84 Å². The Kier molecular flexibility index (Phi) is 5.39. The molecule has 1 aliphatic rings. The number of rotatable bonds is 5. The van der Waals surface area contributed by atoms with E-state index in [0.717, 1.165) is 31.9 Å². The lowest BCUT2D eigenvalue weighted by atomic mass is 10.1. The van der Waals surface area contributed by atoms with E-state index in [9.17, 15) is 13.5 Å². The zero-order valence-electron chi connectivity index (χ0n) is 16.6. The average Bonchev–Trinajstić information content (AvgIpc) is 3.06. The van der Waals surface area contributed by atoms with E-state index in [0.29, 0.717) is 23.6 Å². The number of hydrogen-bond donors (Lipinski definition) is 1. The number of imidazole rings is 1. The molecule has 0 aliphatic carbocycles. The molecule has 0 radical (unpaired) electrons. The first kappa shape index (κ1) is 20.0. The minimum Gasteiger partial charge on any atom is -0.379 e. The summed E-state index contributed by atoms with van der Waals surface area (Å²) < 4.78 is 26.6. The summed E-state index contributed by atoms with van der Waals surface area (Å²) in [5.74, 6) is 0.545. The normalized spacial score (nSPS) is 17.6. The first-order valence-electron chi connectivity index (χ1n) is 9.60. The molecule has 3 aromatic rings. The molecular formula is C20H25N5O3S. The van der Waals surface area contributed by atoms with Crippen molar-refractivity contribution in [3.63, 3.8) is 0 Å². The zero-order valence-corrected chi connectivity index (χ0v) is 17.4. The molecule has 0 bridgehead atoms. The highest BCUT2D eigenvalue weighted by Crippen LogP contribution is 2.30. The van der Waals surface area contributed by atoms with Crippen molar-refractivity contribution >= 4 is 15.6 Å². The highest BCUT2D eigenvalue weighted by molar-refractivity contribution is 7.90. The van der Waals surface area contributed by atoms with Crippen LogP contribution in [0.1, 0.15) is 12.6 Å². The Bertz CT molecular complexity index is 1120. The quantitative estimate of drug-likeness (QED) is 0.671. The number of nitrogens with zero attached hydrogens (tertiary/aromatic N) is 5. The lowest BCUT2D eigenvalue weighted by Crippen LogP contribution is -2.49. The van der Waals surface area contributed by atoms with E-state index in [1.807, 2.05) is 27.6 Å². The predicted molar refractivity (Wildman–Crippen MR) is 110 cm³/mol. The van der Waals surface area contributed by atoms with Gasteiger partial charge >= 0.3 is 0 Å². The molecule has 29 heavy (non-hydrogen) atoms. The summed E-state index contributed by atoms with van der Waals surface area (Å²) >= 11 is 0. The molecule has 3 heterocycles. The summed E-state index contributed by atoms with van der Waals surface area (Å²) in [7, 11) is -3.40. The summed E-state index contributed by atoms with van der Waals surface area (Å²) in [6.45, 7) is 5.58. The van der Waals surface area contributed by atoms with Gasteiger partial charge in [0.2, 0.25) is 5.78 Å². The first-order valence-corrected chi connectivity index (χ1v) is 11.5. The van der Waals surface area contributed by atoms with Gasteiger partial charge in [-0.3, -0.25) is 14.2 Å². The molecule has 1 aliphatic heterocycles. The lowest BCUT2D eigenvalue weighted by Gasteiger charge is -2.36. The lowest BCUT2D eigenvalue weighted by molar-refractivity contribution is -0.0143. The van der Waals surface area contributed by atoms with Crippen LogP contribution < -0.4 is 0 Å². The Morgan fingerprint density at radius 3 is 2.55 bits per heavy atom. The summed E-state index contributed by atoms with van der Waals surface area (Å²) in [4.78, 5) is 13.6. The topological polar surface area (TPSA) is 91.0 Å². The van der Waals surface area contributed by atoms with Crippen molar-refractivity contribution in [3.05, 3.63) is 48.4 Å². The minimum atomic E-state index is -3.40. The second kappa shape index (κ2) is 7.83. The van der Waals surface area contributed by atoms with Gasteiger partial charge in [0.1, 0.15) is 6.23 Å². The Morgan fingerprint density at radius 1 is 1.14 bits per heavy atom. The molecule has 1 atom stereocenters. The Hall–Kier alpha value is -2.33. The molecule has 9 heteroatoms. The molecule has 0 spiro atoms. The van der Waals surface area contributed by atoms with Gasteiger partial charge in [-0.1, -0.05) is 18.2 Å². The van der Waals surface area contributed by atoms with Crippen LogP contribution in [0.15, 0.2) is 47.6 Å². The molecule has 1 unspecified atom stereocenters. The largest absolute Gasteiger partial charge is 0.379 e. The SMILES string of the molecule is CC(O)N1CCN(Cc2c(-c3ccccc3S(C)(=O)=O)nc3ncccn23)CC1. The average molecular weight is 416 g/mol. The summed E-state index contributed by atoms with van der Waals surface area (Å²) in [5.41, 5.74) is 2.15. The van der Waals surface area contributed by atoms with E-state index in [2.05, 4.69) is 14.9 Å². The van der Waals surface area contributed by atoms with Gasteiger partial charge in [0.05, 0.1) is 16.3 Å². The number of aliphatic hydroxyl groups excluding tert-OH is 1. The van der Waals surface area contributed by atoms with E-state index in [-0.39, 0.29) is 4.90 Å². The van der Waals surface area contributed by atoms with Gasteiger partial charge in [0.25, 0.3) is 0 Å². The molecule has 1 N–H and O–H groups in total. The van der Waals surface area contributed by atoms with Crippen molar-refractivity contribution in [2.45, 2.75) is 24.6 Å². The van der Waals surface area contributed by atoms with Gasteiger partial charge in [-0.15, -0.1) is 0 Å². The van der Waals surface area contributed by atoms with Crippen LogP contribution >= 0.6 is 0 Å². The fourth-order valence-corrected chi connectivity index (χ4v) is 4.68. The molecule has 4 rings (SSSR count). The molecule has 1 saturated heterocycles. The number of aromatic nitrogens is 3. The first-order chi connectivity index (χ1) is 13.8. The Morgan fingerprint density at radius 2 is 1.86 bits per heavy atom. The fraction of sp³-hybridized carbons (Fsp3) is 0.400.